The zero-order chi connectivity index (χ0) is 10.7. The molecular formula is C11H12N2O2. The van der Waals surface area contributed by atoms with Crippen molar-refractivity contribution in [1.82, 2.24) is 9.55 Å². The second-order valence-electron chi connectivity index (χ2n) is 3.47. The van der Waals surface area contributed by atoms with E-state index >= 15 is 0 Å². The summed E-state index contributed by atoms with van der Waals surface area (Å²) in [6.07, 6.45) is 6.55. The molecule has 2 aromatic heterocycles. The molecule has 1 N–H and O–H groups in total. The molecule has 0 amide bonds. The van der Waals surface area contributed by atoms with Gasteiger partial charge in [-0.3, -0.25) is 9.78 Å². The van der Waals surface area contributed by atoms with Crippen LogP contribution in [0, 0.1) is 0 Å². The van der Waals surface area contributed by atoms with Crippen LogP contribution in [0.25, 0.3) is 10.9 Å². The minimum Gasteiger partial charge on any atom is -0.481 e. The lowest BCUT2D eigenvalue weighted by atomic mass is 10.3. The van der Waals surface area contributed by atoms with E-state index in [4.69, 9.17) is 5.11 Å². The largest absolute Gasteiger partial charge is 0.481 e. The first-order valence-corrected chi connectivity index (χ1v) is 4.88. The predicted octanol–water partition coefficient (Wildman–Crippen LogP) is 1.90. The van der Waals surface area contributed by atoms with E-state index in [2.05, 4.69) is 4.98 Å². The summed E-state index contributed by atoms with van der Waals surface area (Å²) in [6.45, 7) is 0.725. The van der Waals surface area contributed by atoms with E-state index in [0.29, 0.717) is 6.42 Å². The zero-order valence-electron chi connectivity index (χ0n) is 8.26. The lowest BCUT2D eigenvalue weighted by Crippen LogP contribution is -1.99. The third kappa shape index (κ3) is 2.34. The molecule has 2 aromatic rings. The average molecular weight is 204 g/mol. The highest BCUT2D eigenvalue weighted by molar-refractivity contribution is 5.77. The second kappa shape index (κ2) is 4.13. The lowest BCUT2D eigenvalue weighted by Gasteiger charge is -1.98. The fourth-order valence-electron chi connectivity index (χ4n) is 1.56. The minimum absolute atomic E-state index is 0.210. The highest BCUT2D eigenvalue weighted by Gasteiger charge is 2.00. The van der Waals surface area contributed by atoms with Gasteiger partial charge in [0.25, 0.3) is 0 Å². The number of aromatic nitrogens is 2. The molecule has 4 heteroatoms. The summed E-state index contributed by atoms with van der Waals surface area (Å²) in [5.74, 6) is -0.746. The fraction of sp³-hybridized carbons (Fsp3) is 0.273. The first kappa shape index (κ1) is 9.71. The highest BCUT2D eigenvalue weighted by Crippen LogP contribution is 2.12. The van der Waals surface area contributed by atoms with Gasteiger partial charge in [0.15, 0.2) is 0 Å². The maximum Gasteiger partial charge on any atom is 0.303 e. The van der Waals surface area contributed by atoms with Crippen molar-refractivity contribution in [2.24, 2.45) is 0 Å². The molecule has 0 fully saturated rings. The number of carboxylic acids is 1. The maximum absolute atomic E-state index is 10.3. The monoisotopic (exact) mass is 204 g/mol. The van der Waals surface area contributed by atoms with Gasteiger partial charge in [-0.05, 0) is 18.6 Å². The summed E-state index contributed by atoms with van der Waals surface area (Å²) >= 11 is 0. The molecule has 0 radical (unpaired) electrons. The van der Waals surface area contributed by atoms with Gasteiger partial charge in [0.1, 0.15) is 0 Å². The number of pyridine rings is 1. The van der Waals surface area contributed by atoms with Gasteiger partial charge in [-0.25, -0.2) is 0 Å². The summed E-state index contributed by atoms with van der Waals surface area (Å²) in [5.41, 5.74) is 0.952. The van der Waals surface area contributed by atoms with Crippen LogP contribution in [0.3, 0.4) is 0 Å². The molecule has 0 saturated heterocycles. The number of carbonyl (C=O) groups is 1. The highest BCUT2D eigenvalue weighted by atomic mass is 16.4. The number of nitrogens with zero attached hydrogens (tertiary/aromatic N) is 2. The Morgan fingerprint density at radius 3 is 3.07 bits per heavy atom. The van der Waals surface area contributed by atoms with Gasteiger partial charge in [-0.2, -0.15) is 0 Å². The number of hydrogen-bond acceptors (Lipinski definition) is 2. The van der Waals surface area contributed by atoms with Gasteiger partial charge in [-0.1, -0.05) is 0 Å². The Bertz CT molecular complexity index is 443. The fourth-order valence-corrected chi connectivity index (χ4v) is 1.56. The smallest absolute Gasteiger partial charge is 0.303 e. The Balaban J connectivity index is 2.05. The number of aryl methyl sites for hydroxylation is 1. The van der Waals surface area contributed by atoms with Crippen molar-refractivity contribution in [3.63, 3.8) is 0 Å². The summed E-state index contributed by atoms with van der Waals surface area (Å²) in [6, 6.07) is 3.89. The summed E-state index contributed by atoms with van der Waals surface area (Å²) in [4.78, 5) is 14.5. The zero-order valence-corrected chi connectivity index (χ0v) is 8.26. The molecule has 0 saturated carbocycles. The van der Waals surface area contributed by atoms with Crippen LogP contribution >= 0.6 is 0 Å². The van der Waals surface area contributed by atoms with E-state index in [1.54, 1.807) is 6.20 Å². The first-order valence-electron chi connectivity index (χ1n) is 4.88. The topological polar surface area (TPSA) is 55.1 Å². The molecule has 0 unspecified atom stereocenters. The van der Waals surface area contributed by atoms with Crippen LogP contribution in [0.2, 0.25) is 0 Å². The van der Waals surface area contributed by atoms with Crippen LogP contribution in [-0.2, 0) is 11.3 Å². The number of aliphatic carboxylic acids is 1. The van der Waals surface area contributed by atoms with E-state index in [1.165, 1.54) is 0 Å². The van der Waals surface area contributed by atoms with Crippen LogP contribution in [0.15, 0.2) is 30.7 Å². The Morgan fingerprint density at radius 2 is 2.33 bits per heavy atom. The summed E-state index contributed by atoms with van der Waals surface area (Å²) in [5, 5.41) is 9.60. The normalized spacial score (nSPS) is 10.7. The number of fused-ring (bicyclic) bond motifs is 1. The molecule has 0 atom stereocenters. The quantitative estimate of drug-likeness (QED) is 0.827. The Morgan fingerprint density at radius 1 is 1.47 bits per heavy atom. The van der Waals surface area contributed by atoms with Crippen molar-refractivity contribution < 1.29 is 9.90 Å². The van der Waals surface area contributed by atoms with Crippen LogP contribution in [0.4, 0.5) is 0 Å². The predicted molar refractivity (Wildman–Crippen MR) is 56.6 cm³/mol. The second-order valence-corrected chi connectivity index (χ2v) is 3.47. The van der Waals surface area contributed by atoms with Crippen molar-refractivity contribution in [1.29, 1.82) is 0 Å². The van der Waals surface area contributed by atoms with Gasteiger partial charge in [0.05, 0.1) is 5.52 Å². The van der Waals surface area contributed by atoms with Gasteiger partial charge in [0, 0.05) is 36.9 Å². The number of hydrogen-bond donors (Lipinski definition) is 1. The van der Waals surface area contributed by atoms with Gasteiger partial charge in [-0.15, -0.1) is 0 Å². The molecule has 2 rings (SSSR count). The molecule has 2 heterocycles. The van der Waals surface area contributed by atoms with E-state index in [9.17, 15) is 4.79 Å². The summed E-state index contributed by atoms with van der Waals surface area (Å²) < 4.78 is 1.99. The van der Waals surface area contributed by atoms with Crippen molar-refractivity contribution >= 4 is 16.9 Å². The molecule has 0 spiro atoms. The first-order chi connectivity index (χ1) is 7.25. The van der Waals surface area contributed by atoms with Crippen LogP contribution in [0.5, 0.6) is 0 Å². The van der Waals surface area contributed by atoms with E-state index in [0.717, 1.165) is 17.4 Å². The molecule has 0 aliphatic carbocycles. The third-order valence-electron chi connectivity index (χ3n) is 2.27. The van der Waals surface area contributed by atoms with Crippen molar-refractivity contribution in [3.05, 3.63) is 30.7 Å². The molecule has 0 aliphatic rings. The summed E-state index contributed by atoms with van der Waals surface area (Å²) in [7, 11) is 0. The molecule has 0 bridgehead atoms. The van der Waals surface area contributed by atoms with E-state index < -0.39 is 5.97 Å². The van der Waals surface area contributed by atoms with Crippen molar-refractivity contribution in [3.8, 4) is 0 Å². The lowest BCUT2D eigenvalue weighted by molar-refractivity contribution is -0.137. The van der Waals surface area contributed by atoms with Crippen LogP contribution in [-0.4, -0.2) is 20.6 Å². The van der Waals surface area contributed by atoms with Gasteiger partial charge >= 0.3 is 5.97 Å². The molecule has 4 nitrogen and oxygen atoms in total. The molecule has 78 valence electrons. The average Bonchev–Trinajstić information content (AvgIpc) is 2.59. The Kier molecular flexibility index (Phi) is 2.67. The molecule has 0 aromatic carbocycles. The van der Waals surface area contributed by atoms with Crippen molar-refractivity contribution in [2.75, 3.05) is 0 Å². The standard InChI is InChI=1S/C11H12N2O2/c14-11(15)4-2-6-13-7-9-3-1-5-12-10(9)8-13/h1,3,5,7-8H,2,4,6H2,(H,14,15). The van der Waals surface area contributed by atoms with Gasteiger partial charge < -0.3 is 9.67 Å². The number of carboxylic acid groups (broad SMARTS) is 1. The molecule has 15 heavy (non-hydrogen) atoms. The maximum atomic E-state index is 10.3. The van der Waals surface area contributed by atoms with Crippen LogP contribution in [0.1, 0.15) is 12.8 Å². The SMILES string of the molecule is O=C(O)CCCn1cc2cccnc2c1. The Hall–Kier alpha value is -1.84. The third-order valence-corrected chi connectivity index (χ3v) is 2.27. The number of rotatable bonds is 4. The van der Waals surface area contributed by atoms with E-state index in [-0.39, 0.29) is 6.42 Å². The van der Waals surface area contributed by atoms with Crippen molar-refractivity contribution in [2.45, 2.75) is 19.4 Å². The molecule has 0 aliphatic heterocycles. The van der Waals surface area contributed by atoms with Crippen LogP contribution < -0.4 is 0 Å². The minimum atomic E-state index is -0.746. The Labute approximate surface area is 87.2 Å². The van der Waals surface area contributed by atoms with E-state index in [1.807, 2.05) is 29.1 Å². The molecular weight excluding hydrogens is 192 g/mol. The van der Waals surface area contributed by atoms with Gasteiger partial charge in [0.2, 0.25) is 0 Å².